The van der Waals surface area contributed by atoms with Crippen LogP contribution >= 0.6 is 0 Å². The number of halogens is 3. The van der Waals surface area contributed by atoms with Crippen molar-refractivity contribution in [3.63, 3.8) is 0 Å². The molecular weight excluding hydrogens is 443 g/mol. The van der Waals surface area contributed by atoms with Gasteiger partial charge in [-0.3, -0.25) is 19.3 Å². The van der Waals surface area contributed by atoms with Crippen molar-refractivity contribution in [2.45, 2.75) is 19.2 Å². The van der Waals surface area contributed by atoms with Crippen LogP contribution < -0.4 is 15.8 Å². The second-order valence-corrected chi connectivity index (χ2v) is 7.35. The molecule has 0 spiro atoms. The summed E-state index contributed by atoms with van der Waals surface area (Å²) in [5, 5.41) is 3.17. The van der Waals surface area contributed by atoms with Crippen LogP contribution in [0.2, 0.25) is 0 Å². The number of carbonyl (C=O) groups excluding carboxylic acids is 3. The van der Waals surface area contributed by atoms with Crippen LogP contribution in [0.4, 0.5) is 24.5 Å². The summed E-state index contributed by atoms with van der Waals surface area (Å²) in [5.74, 6) is -2.50. The van der Waals surface area contributed by atoms with Crippen molar-refractivity contribution in [2.24, 2.45) is 0 Å². The molecule has 2 heterocycles. The van der Waals surface area contributed by atoms with Crippen molar-refractivity contribution < 1.29 is 32.3 Å². The van der Waals surface area contributed by atoms with Gasteiger partial charge in [-0.05, 0) is 42.6 Å². The molecule has 170 valence electrons. The third-order valence-electron chi connectivity index (χ3n) is 5.06. The number of amides is 2. The maximum absolute atomic E-state index is 13.0. The van der Waals surface area contributed by atoms with Crippen molar-refractivity contribution in [3.8, 4) is 0 Å². The molecule has 0 fully saturated rings. The first-order valence-electron chi connectivity index (χ1n) is 9.70. The molecular formula is C22H16F3N3O5. The normalized spacial score (nSPS) is 14.4. The minimum atomic E-state index is -4.63. The van der Waals surface area contributed by atoms with E-state index in [2.05, 4.69) is 10.3 Å². The highest BCUT2D eigenvalue weighted by Gasteiger charge is 2.35. The summed E-state index contributed by atoms with van der Waals surface area (Å²) in [6.07, 6.45) is -6.03. The van der Waals surface area contributed by atoms with Crippen molar-refractivity contribution in [3.05, 3.63) is 70.1 Å². The van der Waals surface area contributed by atoms with Crippen molar-refractivity contribution >= 4 is 39.9 Å². The monoisotopic (exact) mass is 459 g/mol. The fraction of sp³-hybridized carbons (Fsp3) is 0.182. The smallest absolute Gasteiger partial charge is 0.416 e. The van der Waals surface area contributed by atoms with E-state index < -0.39 is 47.7 Å². The fourth-order valence-electron chi connectivity index (χ4n) is 3.48. The summed E-state index contributed by atoms with van der Waals surface area (Å²) >= 11 is 0. The van der Waals surface area contributed by atoms with Crippen LogP contribution in [0.5, 0.6) is 0 Å². The largest absolute Gasteiger partial charge is 0.448 e. The summed E-state index contributed by atoms with van der Waals surface area (Å²) < 4.78 is 44.2. The molecule has 0 saturated carbocycles. The molecule has 0 radical (unpaired) electrons. The topological polar surface area (TPSA) is 109 Å². The van der Waals surface area contributed by atoms with Gasteiger partial charge in [-0.25, -0.2) is 4.79 Å². The number of nitrogens with one attached hydrogen (secondary N) is 2. The molecule has 0 saturated heterocycles. The van der Waals surface area contributed by atoms with Gasteiger partial charge in [-0.15, -0.1) is 0 Å². The van der Waals surface area contributed by atoms with Gasteiger partial charge in [0.1, 0.15) is 12.2 Å². The summed E-state index contributed by atoms with van der Waals surface area (Å²) in [7, 11) is 0. The number of rotatable bonds is 3. The van der Waals surface area contributed by atoms with Gasteiger partial charge in [0.2, 0.25) is 5.91 Å². The van der Waals surface area contributed by atoms with Crippen LogP contribution in [-0.2, 0) is 20.5 Å². The lowest BCUT2D eigenvalue weighted by molar-refractivity contribution is -0.137. The number of anilines is 2. The number of alkyl halides is 3. The summed E-state index contributed by atoms with van der Waals surface area (Å²) in [6.45, 7) is 0.793. The highest BCUT2D eigenvalue weighted by molar-refractivity contribution is 6.11. The fourth-order valence-corrected chi connectivity index (χ4v) is 3.48. The standard InChI is InChI=1S/C22H16F3N3O5/c1-11(33-21(32)16-8-12-4-2-3-5-14(12)19(30)27-16)20(31)28-10-18(29)26-15-9-13(22(23,24)25)6-7-17(15)28/h2-9,11H,10H2,1H3,(H,26,29)(H,27,30). The average Bonchev–Trinajstić information content (AvgIpc) is 2.76. The predicted molar refractivity (Wildman–Crippen MR) is 112 cm³/mol. The molecule has 33 heavy (non-hydrogen) atoms. The third-order valence-corrected chi connectivity index (χ3v) is 5.06. The Morgan fingerprint density at radius 3 is 2.55 bits per heavy atom. The number of carbonyl (C=O) groups is 3. The molecule has 8 nitrogen and oxygen atoms in total. The van der Waals surface area contributed by atoms with Gasteiger partial charge in [0.15, 0.2) is 6.10 Å². The van der Waals surface area contributed by atoms with Crippen LogP contribution in [0.3, 0.4) is 0 Å². The number of pyridine rings is 1. The molecule has 11 heteroatoms. The molecule has 1 unspecified atom stereocenters. The summed E-state index contributed by atoms with van der Waals surface area (Å²) in [5.41, 5.74) is -1.83. The quantitative estimate of drug-likeness (QED) is 0.586. The Hall–Kier alpha value is -4.15. The lowest BCUT2D eigenvalue weighted by Crippen LogP contribution is -2.47. The number of aromatic nitrogens is 1. The lowest BCUT2D eigenvalue weighted by atomic mass is 10.1. The van der Waals surface area contributed by atoms with E-state index in [0.717, 1.165) is 23.1 Å². The van der Waals surface area contributed by atoms with Crippen LogP contribution in [0.1, 0.15) is 23.0 Å². The Balaban J connectivity index is 1.57. The lowest BCUT2D eigenvalue weighted by Gasteiger charge is -2.31. The molecule has 1 aliphatic heterocycles. The molecule has 4 rings (SSSR count). The van der Waals surface area contributed by atoms with Crippen LogP contribution in [0, 0.1) is 0 Å². The Bertz CT molecular complexity index is 1350. The number of hydrogen-bond acceptors (Lipinski definition) is 5. The van der Waals surface area contributed by atoms with E-state index in [0.29, 0.717) is 10.8 Å². The highest BCUT2D eigenvalue weighted by atomic mass is 19.4. The number of esters is 1. The van der Waals surface area contributed by atoms with Gasteiger partial charge in [0, 0.05) is 5.39 Å². The van der Waals surface area contributed by atoms with Gasteiger partial charge in [-0.1, -0.05) is 18.2 Å². The zero-order chi connectivity index (χ0) is 23.9. The maximum atomic E-state index is 13.0. The van der Waals surface area contributed by atoms with Gasteiger partial charge in [0.05, 0.1) is 16.9 Å². The van der Waals surface area contributed by atoms with Gasteiger partial charge < -0.3 is 15.0 Å². The number of aromatic amines is 1. The van der Waals surface area contributed by atoms with E-state index in [1.807, 2.05) is 0 Å². The van der Waals surface area contributed by atoms with E-state index in [1.165, 1.54) is 13.0 Å². The summed E-state index contributed by atoms with van der Waals surface area (Å²) in [6, 6.07) is 10.5. The van der Waals surface area contributed by atoms with Gasteiger partial charge in [0.25, 0.3) is 11.5 Å². The molecule has 3 aromatic rings. The Labute approximate surface area is 184 Å². The number of H-pyrrole nitrogens is 1. The second kappa shape index (κ2) is 8.08. The molecule has 1 atom stereocenters. The van der Waals surface area contributed by atoms with Crippen LogP contribution in [0.25, 0.3) is 10.8 Å². The first-order chi connectivity index (χ1) is 15.5. The Morgan fingerprint density at radius 1 is 1.09 bits per heavy atom. The number of ether oxygens (including phenoxy) is 1. The van der Waals surface area contributed by atoms with Gasteiger partial charge in [-0.2, -0.15) is 13.2 Å². The number of benzene rings is 2. The molecule has 2 aromatic carbocycles. The molecule has 1 aromatic heterocycles. The van der Waals surface area contributed by atoms with E-state index in [4.69, 9.17) is 4.74 Å². The highest BCUT2D eigenvalue weighted by Crippen LogP contribution is 2.37. The first-order valence-corrected chi connectivity index (χ1v) is 9.70. The minimum Gasteiger partial charge on any atom is -0.448 e. The number of hydrogen-bond donors (Lipinski definition) is 2. The average molecular weight is 459 g/mol. The molecule has 1 aliphatic rings. The Morgan fingerprint density at radius 2 is 1.82 bits per heavy atom. The van der Waals surface area contributed by atoms with Crippen molar-refractivity contribution in [2.75, 3.05) is 16.8 Å². The molecule has 2 N–H and O–H groups in total. The number of fused-ring (bicyclic) bond motifs is 2. The molecule has 2 amide bonds. The van der Waals surface area contributed by atoms with Gasteiger partial charge >= 0.3 is 12.1 Å². The maximum Gasteiger partial charge on any atom is 0.416 e. The molecule has 0 aliphatic carbocycles. The van der Waals surface area contributed by atoms with E-state index in [1.54, 1.807) is 24.3 Å². The zero-order valence-electron chi connectivity index (χ0n) is 17.0. The summed E-state index contributed by atoms with van der Waals surface area (Å²) in [4.78, 5) is 53.0. The second-order valence-electron chi connectivity index (χ2n) is 7.35. The van der Waals surface area contributed by atoms with E-state index in [9.17, 15) is 32.3 Å². The SMILES string of the molecule is CC(OC(=O)c1cc2ccccc2c(=O)[nH]1)C(=O)N1CC(=O)Nc2cc(C(F)(F)F)ccc21. The van der Waals surface area contributed by atoms with E-state index >= 15 is 0 Å². The van der Waals surface area contributed by atoms with Crippen molar-refractivity contribution in [1.82, 2.24) is 4.98 Å². The zero-order valence-corrected chi connectivity index (χ0v) is 17.0. The van der Waals surface area contributed by atoms with Crippen LogP contribution in [0.15, 0.2) is 53.3 Å². The van der Waals surface area contributed by atoms with E-state index in [-0.39, 0.29) is 17.1 Å². The first kappa shape index (κ1) is 22.1. The third kappa shape index (κ3) is 4.29. The predicted octanol–water partition coefficient (Wildman–Crippen LogP) is 3.08. The number of nitrogens with zero attached hydrogens (tertiary/aromatic N) is 1. The van der Waals surface area contributed by atoms with Crippen molar-refractivity contribution in [1.29, 1.82) is 0 Å². The Kier molecular flexibility index (Phi) is 5.40. The van der Waals surface area contributed by atoms with Crippen LogP contribution in [-0.4, -0.2) is 35.4 Å². The minimum absolute atomic E-state index is 0.0367. The molecule has 0 bridgehead atoms.